The van der Waals surface area contributed by atoms with E-state index < -0.39 is 5.82 Å². The van der Waals surface area contributed by atoms with Crippen LogP contribution in [0.5, 0.6) is 5.75 Å². The summed E-state index contributed by atoms with van der Waals surface area (Å²) >= 11 is 0. The summed E-state index contributed by atoms with van der Waals surface area (Å²) in [7, 11) is 0. The number of rotatable bonds is 3. The normalized spacial score (nSPS) is 15.3. The van der Waals surface area contributed by atoms with Gasteiger partial charge in [0.2, 0.25) is 0 Å². The molecular formula is C22H15FN2O2. The first-order valence-electron chi connectivity index (χ1n) is 8.37. The third-order valence-corrected chi connectivity index (χ3v) is 4.19. The van der Waals surface area contributed by atoms with Crippen molar-refractivity contribution in [2.45, 2.75) is 0 Å². The van der Waals surface area contributed by atoms with Crippen LogP contribution in [0.2, 0.25) is 0 Å². The fourth-order valence-corrected chi connectivity index (χ4v) is 2.89. The monoisotopic (exact) mass is 358 g/mol. The molecule has 132 valence electrons. The summed E-state index contributed by atoms with van der Waals surface area (Å²) in [6.45, 7) is 0. The van der Waals surface area contributed by atoms with Crippen LogP contribution in [0.15, 0.2) is 89.6 Å². The van der Waals surface area contributed by atoms with E-state index in [0.717, 1.165) is 5.56 Å². The number of amidine groups is 1. The van der Waals surface area contributed by atoms with E-state index in [1.807, 2.05) is 30.3 Å². The van der Waals surface area contributed by atoms with Gasteiger partial charge in [-0.3, -0.25) is 9.69 Å². The second kappa shape index (κ2) is 6.88. The molecule has 0 aromatic heterocycles. The highest BCUT2D eigenvalue weighted by atomic mass is 19.1. The highest BCUT2D eigenvalue weighted by Crippen LogP contribution is 2.29. The molecule has 0 saturated carbocycles. The number of nitrogens with zero attached hydrogens (tertiary/aromatic N) is 2. The number of aliphatic imine (C=N–C) groups is 1. The average Bonchev–Trinajstić information content (AvgIpc) is 3.00. The maximum atomic E-state index is 14.4. The second-order valence-electron chi connectivity index (χ2n) is 6.01. The number of hydrogen-bond donors (Lipinski definition) is 1. The van der Waals surface area contributed by atoms with Crippen LogP contribution in [0.25, 0.3) is 6.08 Å². The maximum Gasteiger partial charge on any atom is 0.282 e. The van der Waals surface area contributed by atoms with Crippen molar-refractivity contribution >= 4 is 23.5 Å². The van der Waals surface area contributed by atoms with Gasteiger partial charge in [0.25, 0.3) is 5.91 Å². The minimum atomic E-state index is -0.464. The number of phenolic OH excluding ortho intramolecular Hbond substituents is 1. The molecule has 0 unspecified atom stereocenters. The van der Waals surface area contributed by atoms with E-state index >= 15 is 0 Å². The van der Waals surface area contributed by atoms with Crippen LogP contribution >= 0.6 is 0 Å². The molecule has 5 heteroatoms. The van der Waals surface area contributed by atoms with E-state index in [2.05, 4.69) is 4.99 Å². The number of anilines is 1. The van der Waals surface area contributed by atoms with Crippen LogP contribution in [0.4, 0.5) is 10.1 Å². The minimum absolute atomic E-state index is 0.0785. The van der Waals surface area contributed by atoms with Crippen molar-refractivity contribution in [2.75, 3.05) is 4.90 Å². The topological polar surface area (TPSA) is 52.9 Å². The summed E-state index contributed by atoms with van der Waals surface area (Å²) in [6.07, 6.45) is 1.67. The number of amides is 1. The zero-order valence-electron chi connectivity index (χ0n) is 14.2. The van der Waals surface area contributed by atoms with Gasteiger partial charge in [-0.2, -0.15) is 0 Å². The molecule has 1 aliphatic heterocycles. The first-order chi connectivity index (χ1) is 13.1. The molecular weight excluding hydrogens is 343 g/mol. The van der Waals surface area contributed by atoms with Gasteiger partial charge in [-0.1, -0.05) is 42.5 Å². The molecule has 4 nitrogen and oxygen atoms in total. The van der Waals surface area contributed by atoms with Crippen molar-refractivity contribution in [2.24, 2.45) is 4.99 Å². The van der Waals surface area contributed by atoms with Crippen molar-refractivity contribution in [1.29, 1.82) is 0 Å². The first-order valence-corrected chi connectivity index (χ1v) is 8.37. The highest BCUT2D eigenvalue weighted by Gasteiger charge is 2.33. The first kappa shape index (κ1) is 16.7. The Balaban J connectivity index is 1.85. The summed E-state index contributed by atoms with van der Waals surface area (Å²) in [6, 6.07) is 21.7. The zero-order chi connectivity index (χ0) is 18.8. The number of phenols is 1. The lowest BCUT2D eigenvalue weighted by molar-refractivity contribution is -0.113. The van der Waals surface area contributed by atoms with Crippen LogP contribution in [0.1, 0.15) is 11.1 Å². The molecule has 0 aliphatic carbocycles. The Labute approximate surface area is 155 Å². The Morgan fingerprint density at radius 3 is 2.26 bits per heavy atom. The van der Waals surface area contributed by atoms with E-state index in [4.69, 9.17) is 0 Å². The summed E-state index contributed by atoms with van der Waals surface area (Å²) in [4.78, 5) is 18.8. The van der Waals surface area contributed by atoms with Gasteiger partial charge < -0.3 is 5.11 Å². The summed E-state index contributed by atoms with van der Waals surface area (Å²) in [5, 5.41) is 9.53. The predicted molar refractivity (Wildman–Crippen MR) is 103 cm³/mol. The summed E-state index contributed by atoms with van der Waals surface area (Å²) < 4.78 is 14.4. The third-order valence-electron chi connectivity index (χ3n) is 4.19. The van der Waals surface area contributed by atoms with E-state index in [9.17, 15) is 14.3 Å². The Morgan fingerprint density at radius 2 is 1.56 bits per heavy atom. The van der Waals surface area contributed by atoms with Crippen LogP contribution < -0.4 is 4.90 Å². The Bertz CT molecular complexity index is 1060. The van der Waals surface area contributed by atoms with E-state index in [1.165, 1.54) is 23.1 Å². The molecule has 0 radical (unpaired) electrons. The number of carbonyl (C=O) groups excluding carboxylic acids is 1. The van der Waals surface area contributed by atoms with Crippen LogP contribution in [-0.2, 0) is 4.79 Å². The molecule has 4 rings (SSSR count). The van der Waals surface area contributed by atoms with E-state index in [1.54, 1.807) is 36.4 Å². The number of aromatic hydroxyl groups is 1. The average molecular weight is 358 g/mol. The van der Waals surface area contributed by atoms with E-state index in [-0.39, 0.29) is 28.8 Å². The molecule has 0 atom stereocenters. The van der Waals surface area contributed by atoms with Crippen molar-refractivity contribution in [3.05, 3.63) is 102 Å². The quantitative estimate of drug-likeness (QED) is 0.707. The van der Waals surface area contributed by atoms with Gasteiger partial charge in [0.1, 0.15) is 17.3 Å². The third kappa shape index (κ3) is 3.22. The Morgan fingerprint density at radius 1 is 0.889 bits per heavy atom. The smallest absolute Gasteiger partial charge is 0.282 e. The number of halogens is 1. The van der Waals surface area contributed by atoms with Gasteiger partial charge in [-0.25, -0.2) is 9.38 Å². The molecule has 0 saturated heterocycles. The van der Waals surface area contributed by atoms with Crippen LogP contribution in [0.3, 0.4) is 0 Å². The molecule has 27 heavy (non-hydrogen) atoms. The lowest BCUT2D eigenvalue weighted by Crippen LogP contribution is -2.33. The fourth-order valence-electron chi connectivity index (χ4n) is 2.89. The van der Waals surface area contributed by atoms with Crippen molar-refractivity contribution in [3.63, 3.8) is 0 Å². The minimum Gasteiger partial charge on any atom is -0.508 e. The number of carbonyl (C=O) groups is 1. The SMILES string of the molecule is O=C1/C(=C\c2ccccc2)N=C(c2ccccc2F)N1c1ccc(O)cc1. The molecule has 3 aromatic rings. The molecule has 3 aromatic carbocycles. The van der Waals surface area contributed by atoms with Crippen LogP contribution in [-0.4, -0.2) is 16.8 Å². The molecule has 1 heterocycles. The predicted octanol–water partition coefficient (Wildman–Crippen LogP) is 4.37. The van der Waals surface area contributed by atoms with Crippen molar-refractivity contribution in [3.8, 4) is 5.75 Å². The highest BCUT2D eigenvalue weighted by molar-refractivity contribution is 6.33. The standard InChI is InChI=1S/C22H15FN2O2/c23-19-9-5-4-8-18(19)21-24-20(14-15-6-2-1-3-7-15)22(27)25(21)16-10-12-17(26)13-11-16/h1-14,26H/b20-14+. The zero-order valence-corrected chi connectivity index (χ0v) is 14.2. The Kier molecular flexibility index (Phi) is 4.26. The van der Waals surface area contributed by atoms with Gasteiger partial charge >= 0.3 is 0 Å². The molecule has 0 bridgehead atoms. The Hall–Kier alpha value is -3.73. The number of benzene rings is 3. The maximum absolute atomic E-state index is 14.4. The summed E-state index contributed by atoms with van der Waals surface area (Å²) in [5.74, 6) is -0.530. The van der Waals surface area contributed by atoms with Crippen molar-refractivity contribution < 1.29 is 14.3 Å². The molecule has 1 amide bonds. The lowest BCUT2D eigenvalue weighted by Gasteiger charge is -2.18. The largest absolute Gasteiger partial charge is 0.508 e. The number of hydrogen-bond acceptors (Lipinski definition) is 3. The van der Waals surface area contributed by atoms with E-state index in [0.29, 0.717) is 5.69 Å². The molecule has 1 N–H and O–H groups in total. The molecule has 0 spiro atoms. The molecule has 0 fully saturated rings. The fraction of sp³-hybridized carbons (Fsp3) is 0. The van der Waals surface area contributed by atoms with Gasteiger partial charge in [0.05, 0.1) is 11.3 Å². The van der Waals surface area contributed by atoms with Crippen molar-refractivity contribution in [1.82, 2.24) is 0 Å². The van der Waals surface area contributed by atoms with Gasteiger partial charge in [0, 0.05) is 0 Å². The lowest BCUT2D eigenvalue weighted by atomic mass is 10.1. The van der Waals surface area contributed by atoms with Crippen LogP contribution in [0, 0.1) is 5.82 Å². The summed E-state index contributed by atoms with van der Waals surface area (Å²) in [5.41, 5.74) is 1.77. The van der Waals surface area contributed by atoms with Gasteiger partial charge in [-0.15, -0.1) is 0 Å². The van der Waals surface area contributed by atoms with Gasteiger partial charge in [0.15, 0.2) is 5.84 Å². The molecule has 1 aliphatic rings. The second-order valence-corrected chi connectivity index (χ2v) is 6.01. The van der Waals surface area contributed by atoms with Gasteiger partial charge in [-0.05, 0) is 48.0 Å².